The van der Waals surface area contributed by atoms with E-state index in [0.717, 1.165) is 6.07 Å². The van der Waals surface area contributed by atoms with E-state index in [1.807, 2.05) is 0 Å². The summed E-state index contributed by atoms with van der Waals surface area (Å²) in [7, 11) is 1.41. The lowest BCUT2D eigenvalue weighted by Gasteiger charge is -2.21. The molecule has 0 radical (unpaired) electrons. The Morgan fingerprint density at radius 2 is 1.84 bits per heavy atom. The Hall–Kier alpha value is -2.86. The van der Waals surface area contributed by atoms with E-state index in [-0.39, 0.29) is 18.8 Å². The zero-order valence-corrected chi connectivity index (χ0v) is 17.6. The number of alkyl halides is 3. The molecule has 1 aromatic carbocycles. The molecule has 1 aliphatic rings. The van der Waals surface area contributed by atoms with Crippen LogP contribution in [0.15, 0.2) is 18.2 Å². The predicted octanol–water partition coefficient (Wildman–Crippen LogP) is 1.98. The van der Waals surface area contributed by atoms with Crippen molar-refractivity contribution in [3.05, 3.63) is 28.8 Å². The van der Waals surface area contributed by atoms with Crippen molar-refractivity contribution in [1.82, 2.24) is 20.7 Å². The van der Waals surface area contributed by atoms with E-state index in [2.05, 4.69) is 16.1 Å². The van der Waals surface area contributed by atoms with Crippen molar-refractivity contribution >= 4 is 41.0 Å². The van der Waals surface area contributed by atoms with Crippen LogP contribution in [0.1, 0.15) is 25.8 Å². The molecular weight excluding hydrogens is 443 g/mol. The van der Waals surface area contributed by atoms with E-state index in [1.54, 1.807) is 6.92 Å². The van der Waals surface area contributed by atoms with Crippen molar-refractivity contribution in [1.29, 1.82) is 0 Å². The van der Waals surface area contributed by atoms with Crippen molar-refractivity contribution in [3.63, 3.8) is 0 Å². The number of hydrazine groups is 1. The molecule has 0 saturated carbocycles. The number of benzene rings is 1. The topological polar surface area (TPSA) is 111 Å². The number of hydrogen-bond donors (Lipinski definition) is 3. The van der Waals surface area contributed by atoms with Crippen LogP contribution in [0.25, 0.3) is 0 Å². The van der Waals surface area contributed by atoms with E-state index in [0.29, 0.717) is 17.5 Å². The molecule has 0 aromatic heterocycles. The zero-order valence-electron chi connectivity index (χ0n) is 16.9. The molecule has 0 spiro atoms. The van der Waals surface area contributed by atoms with Crippen molar-refractivity contribution in [3.8, 4) is 0 Å². The van der Waals surface area contributed by atoms with Gasteiger partial charge in [-0.1, -0.05) is 18.5 Å². The highest BCUT2D eigenvalue weighted by Gasteiger charge is 2.47. The largest absolute Gasteiger partial charge is 0.417 e. The summed E-state index contributed by atoms with van der Waals surface area (Å²) in [4.78, 5) is 49.6. The van der Waals surface area contributed by atoms with E-state index in [4.69, 9.17) is 11.6 Å². The fourth-order valence-electron chi connectivity index (χ4n) is 2.75. The summed E-state index contributed by atoms with van der Waals surface area (Å²) in [5.41, 5.74) is -0.153. The van der Waals surface area contributed by atoms with Gasteiger partial charge in [-0.3, -0.25) is 24.7 Å². The number of carbonyl (C=O) groups is 4. The predicted molar refractivity (Wildman–Crippen MR) is 105 cm³/mol. The molecule has 1 aromatic rings. The maximum atomic E-state index is 12.9. The van der Waals surface area contributed by atoms with Gasteiger partial charge in [0.2, 0.25) is 5.91 Å². The van der Waals surface area contributed by atoms with Crippen LogP contribution in [0.4, 0.5) is 23.7 Å². The second kappa shape index (κ2) is 9.10. The second-order valence-electron chi connectivity index (χ2n) is 7.20. The van der Waals surface area contributed by atoms with Crippen LogP contribution >= 0.6 is 11.6 Å². The molecule has 0 aliphatic carbocycles. The number of halogens is 4. The van der Waals surface area contributed by atoms with Gasteiger partial charge in [-0.2, -0.15) is 18.2 Å². The molecule has 1 aliphatic heterocycles. The van der Waals surface area contributed by atoms with E-state index < -0.39 is 46.1 Å². The van der Waals surface area contributed by atoms with Crippen LogP contribution in [0.3, 0.4) is 0 Å². The number of amides is 5. The maximum absolute atomic E-state index is 12.9. The number of likely N-dealkylation sites (N-methyl/N-ethyl adjacent to an activating group) is 1. The number of hydrogen-bond acceptors (Lipinski definition) is 5. The maximum Gasteiger partial charge on any atom is 0.417 e. The lowest BCUT2D eigenvalue weighted by molar-refractivity contribution is -0.139. The van der Waals surface area contributed by atoms with Gasteiger partial charge in [-0.15, -0.1) is 0 Å². The first kappa shape index (κ1) is 24.4. The number of nitrogens with one attached hydrogen (secondary N) is 3. The molecule has 2 rings (SSSR count). The number of urea groups is 1. The third-order valence-electron chi connectivity index (χ3n) is 4.59. The molecule has 31 heavy (non-hydrogen) atoms. The van der Waals surface area contributed by atoms with Gasteiger partial charge in [-0.25, -0.2) is 4.79 Å². The van der Waals surface area contributed by atoms with Crippen molar-refractivity contribution in [2.45, 2.75) is 32.0 Å². The Morgan fingerprint density at radius 3 is 2.39 bits per heavy atom. The van der Waals surface area contributed by atoms with E-state index >= 15 is 0 Å². The van der Waals surface area contributed by atoms with Gasteiger partial charge in [0.05, 0.1) is 23.7 Å². The molecule has 0 bridgehead atoms. The Labute approximate surface area is 180 Å². The number of nitrogens with zero attached hydrogens (tertiary/aromatic N) is 2. The quantitative estimate of drug-likeness (QED) is 0.535. The first-order chi connectivity index (χ1) is 14.3. The second-order valence-corrected chi connectivity index (χ2v) is 7.61. The van der Waals surface area contributed by atoms with Crippen LogP contribution in [0.2, 0.25) is 5.02 Å². The fourth-order valence-corrected chi connectivity index (χ4v) is 2.98. The smallest absolute Gasteiger partial charge is 0.325 e. The Bertz CT molecular complexity index is 911. The van der Waals surface area contributed by atoms with Gasteiger partial charge < -0.3 is 10.6 Å². The molecule has 1 fully saturated rings. The standard InChI is InChI=1S/C18H21ClF3N5O4/c1-4-17(2)15(30)27(16(31)24-17)25-14(29)9-26(3)8-13(28)23-10-5-6-12(19)11(7-10)18(20,21)22/h5-7H,4,8-9H2,1-3H3,(H,23,28)(H,24,31)(H,25,29). The lowest BCUT2D eigenvalue weighted by atomic mass is 10.00. The van der Waals surface area contributed by atoms with Gasteiger partial charge in [-0.05, 0) is 38.6 Å². The minimum atomic E-state index is -4.68. The zero-order chi connectivity index (χ0) is 23.6. The van der Waals surface area contributed by atoms with Crippen LogP contribution < -0.4 is 16.1 Å². The molecule has 9 nitrogen and oxygen atoms in total. The van der Waals surface area contributed by atoms with E-state index in [9.17, 15) is 32.3 Å². The Kier molecular flexibility index (Phi) is 7.17. The summed E-state index contributed by atoms with van der Waals surface area (Å²) in [6.07, 6.45) is -4.36. The third-order valence-corrected chi connectivity index (χ3v) is 4.92. The molecular formula is C18H21ClF3N5O4. The third kappa shape index (κ3) is 5.85. The molecule has 5 amide bonds. The van der Waals surface area contributed by atoms with E-state index in [1.165, 1.54) is 24.9 Å². The number of imide groups is 1. The first-order valence-electron chi connectivity index (χ1n) is 9.08. The summed E-state index contributed by atoms with van der Waals surface area (Å²) >= 11 is 5.53. The SMILES string of the molecule is CCC1(C)NC(=O)N(NC(=O)CN(C)CC(=O)Nc2ccc(Cl)c(C(F)(F)F)c2)C1=O. The summed E-state index contributed by atoms with van der Waals surface area (Å²) in [5, 5.41) is 4.84. The van der Waals surface area contributed by atoms with Gasteiger partial charge in [0.1, 0.15) is 5.54 Å². The van der Waals surface area contributed by atoms with Crippen molar-refractivity contribution in [2.24, 2.45) is 0 Å². The fraction of sp³-hybridized carbons (Fsp3) is 0.444. The average Bonchev–Trinajstić information content (AvgIpc) is 2.85. The molecule has 1 saturated heterocycles. The summed E-state index contributed by atoms with van der Waals surface area (Å²) < 4.78 is 38.7. The van der Waals surface area contributed by atoms with Crippen LogP contribution in [0, 0.1) is 0 Å². The Balaban J connectivity index is 1.91. The molecule has 3 N–H and O–H groups in total. The van der Waals surface area contributed by atoms with Gasteiger partial charge in [0, 0.05) is 5.69 Å². The molecule has 1 heterocycles. The van der Waals surface area contributed by atoms with Crippen LogP contribution in [-0.2, 0) is 20.6 Å². The summed E-state index contributed by atoms with van der Waals surface area (Å²) in [6.45, 7) is 2.52. The van der Waals surface area contributed by atoms with Gasteiger partial charge in [0.25, 0.3) is 11.8 Å². The highest BCUT2D eigenvalue weighted by molar-refractivity contribution is 6.31. The van der Waals surface area contributed by atoms with Crippen molar-refractivity contribution in [2.75, 3.05) is 25.5 Å². The van der Waals surface area contributed by atoms with Crippen LogP contribution in [0.5, 0.6) is 0 Å². The average molecular weight is 464 g/mol. The number of anilines is 1. The number of rotatable bonds is 7. The Morgan fingerprint density at radius 1 is 1.23 bits per heavy atom. The first-order valence-corrected chi connectivity index (χ1v) is 9.46. The monoisotopic (exact) mass is 463 g/mol. The molecule has 170 valence electrons. The molecule has 13 heteroatoms. The molecule has 1 unspecified atom stereocenters. The highest BCUT2D eigenvalue weighted by atomic mass is 35.5. The summed E-state index contributed by atoms with van der Waals surface area (Å²) in [6, 6.07) is 2.16. The van der Waals surface area contributed by atoms with Crippen molar-refractivity contribution < 1.29 is 32.3 Å². The lowest BCUT2D eigenvalue weighted by Crippen LogP contribution is -2.51. The number of carbonyl (C=O) groups excluding carboxylic acids is 4. The minimum absolute atomic E-state index is 0.113. The van der Waals surface area contributed by atoms with Gasteiger partial charge in [0.15, 0.2) is 0 Å². The summed E-state index contributed by atoms with van der Waals surface area (Å²) in [5.74, 6) is -2.03. The minimum Gasteiger partial charge on any atom is -0.325 e. The van der Waals surface area contributed by atoms with Gasteiger partial charge >= 0.3 is 12.2 Å². The highest BCUT2D eigenvalue weighted by Crippen LogP contribution is 2.36. The normalized spacial score (nSPS) is 18.9. The van der Waals surface area contributed by atoms with Crippen LogP contribution in [-0.4, -0.2) is 59.3 Å². The molecule has 1 atom stereocenters.